The van der Waals surface area contributed by atoms with E-state index in [1.165, 1.54) is 13.4 Å². The molecular formula is C14H11NO3. The molecule has 0 saturated heterocycles. The average Bonchev–Trinajstić information content (AvgIpc) is 2.95. The zero-order chi connectivity index (χ0) is 12.6. The van der Waals surface area contributed by atoms with Gasteiger partial charge in [0.15, 0.2) is 0 Å². The molecule has 1 aliphatic heterocycles. The summed E-state index contributed by atoms with van der Waals surface area (Å²) in [5.74, 6) is 0.0736. The van der Waals surface area contributed by atoms with E-state index in [1.807, 2.05) is 30.3 Å². The molecule has 18 heavy (non-hydrogen) atoms. The minimum Gasteiger partial charge on any atom is -0.467 e. The van der Waals surface area contributed by atoms with E-state index in [0.29, 0.717) is 11.5 Å². The van der Waals surface area contributed by atoms with Crippen molar-refractivity contribution in [2.75, 3.05) is 7.11 Å². The van der Waals surface area contributed by atoms with Gasteiger partial charge in [-0.2, -0.15) is 0 Å². The number of esters is 1. The summed E-state index contributed by atoms with van der Waals surface area (Å²) >= 11 is 0. The minimum absolute atomic E-state index is 0.420. The number of benzene rings is 1. The van der Waals surface area contributed by atoms with Crippen molar-refractivity contribution >= 4 is 11.7 Å². The normalized spacial score (nSPS) is 21.3. The molecule has 1 unspecified atom stereocenters. The van der Waals surface area contributed by atoms with Crippen LogP contribution < -0.4 is 0 Å². The molecule has 3 rings (SSSR count). The molecule has 0 saturated carbocycles. The zero-order valence-corrected chi connectivity index (χ0v) is 9.79. The summed E-state index contributed by atoms with van der Waals surface area (Å²) in [7, 11) is 1.35. The fraction of sp³-hybridized carbons (Fsp3) is 0.143. The van der Waals surface area contributed by atoms with E-state index < -0.39 is 11.5 Å². The Morgan fingerprint density at radius 3 is 2.61 bits per heavy atom. The summed E-state index contributed by atoms with van der Waals surface area (Å²) in [6, 6.07) is 13.0. The topological polar surface area (TPSA) is 51.8 Å². The van der Waals surface area contributed by atoms with E-state index in [9.17, 15) is 4.79 Å². The van der Waals surface area contributed by atoms with Crippen molar-refractivity contribution in [2.24, 2.45) is 4.99 Å². The van der Waals surface area contributed by atoms with Crippen LogP contribution in [0.3, 0.4) is 0 Å². The first-order chi connectivity index (χ1) is 8.79. The maximum Gasteiger partial charge on any atom is 0.348 e. The molecule has 4 nitrogen and oxygen atoms in total. The summed E-state index contributed by atoms with van der Waals surface area (Å²) < 4.78 is 10.2. The molecule has 0 amide bonds. The molecule has 4 heteroatoms. The third kappa shape index (κ3) is 1.39. The first-order valence-corrected chi connectivity index (χ1v) is 5.57. The SMILES string of the molecule is COC(=O)C1(c2ccco2)N=C1c1ccccc1. The molecule has 1 aromatic heterocycles. The molecule has 2 aromatic rings. The number of ether oxygens (including phenoxy) is 1. The van der Waals surface area contributed by atoms with Crippen LogP contribution in [0, 0.1) is 0 Å². The van der Waals surface area contributed by atoms with Crippen molar-refractivity contribution in [1.82, 2.24) is 0 Å². The molecule has 1 aromatic carbocycles. The van der Waals surface area contributed by atoms with Crippen molar-refractivity contribution < 1.29 is 13.9 Å². The first-order valence-electron chi connectivity index (χ1n) is 5.57. The summed E-state index contributed by atoms with van der Waals surface area (Å²) in [5, 5.41) is 0. The molecule has 0 N–H and O–H groups in total. The van der Waals surface area contributed by atoms with Crippen molar-refractivity contribution in [3.05, 3.63) is 60.1 Å². The van der Waals surface area contributed by atoms with E-state index in [1.54, 1.807) is 12.1 Å². The molecule has 0 bridgehead atoms. The van der Waals surface area contributed by atoms with Crippen LogP contribution in [-0.2, 0) is 15.1 Å². The summed E-state index contributed by atoms with van der Waals surface area (Å²) in [5.41, 5.74) is 0.503. The van der Waals surface area contributed by atoms with Gasteiger partial charge < -0.3 is 9.15 Å². The molecule has 0 spiro atoms. The van der Waals surface area contributed by atoms with Crippen LogP contribution in [0.15, 0.2) is 58.1 Å². The Hall–Kier alpha value is -2.36. The van der Waals surface area contributed by atoms with E-state index in [4.69, 9.17) is 9.15 Å². The van der Waals surface area contributed by atoms with Gasteiger partial charge in [0.25, 0.3) is 5.54 Å². The molecule has 0 aliphatic carbocycles. The van der Waals surface area contributed by atoms with Crippen LogP contribution in [0.1, 0.15) is 11.3 Å². The highest BCUT2D eigenvalue weighted by atomic mass is 16.5. The smallest absolute Gasteiger partial charge is 0.348 e. The summed E-state index contributed by atoms with van der Waals surface area (Å²) in [6.45, 7) is 0. The second-order valence-corrected chi connectivity index (χ2v) is 4.01. The number of hydrogen-bond donors (Lipinski definition) is 0. The lowest BCUT2D eigenvalue weighted by atomic mass is 9.95. The molecule has 90 valence electrons. The fourth-order valence-corrected chi connectivity index (χ4v) is 2.06. The Kier molecular flexibility index (Phi) is 2.30. The quantitative estimate of drug-likeness (QED) is 0.774. The lowest BCUT2D eigenvalue weighted by Gasteiger charge is -2.09. The Bertz CT molecular complexity index is 601. The van der Waals surface area contributed by atoms with Gasteiger partial charge in [-0.15, -0.1) is 0 Å². The van der Waals surface area contributed by atoms with Gasteiger partial charge in [-0.1, -0.05) is 30.3 Å². The Morgan fingerprint density at radius 1 is 1.22 bits per heavy atom. The number of hydrogen-bond acceptors (Lipinski definition) is 4. The van der Waals surface area contributed by atoms with Crippen molar-refractivity contribution in [2.45, 2.75) is 5.54 Å². The van der Waals surface area contributed by atoms with Gasteiger partial charge in [0.05, 0.1) is 19.1 Å². The molecule has 0 fully saturated rings. The molecule has 2 heterocycles. The fourth-order valence-electron chi connectivity index (χ4n) is 2.06. The van der Waals surface area contributed by atoms with Crippen molar-refractivity contribution in [3.8, 4) is 0 Å². The van der Waals surface area contributed by atoms with Crippen LogP contribution in [0.25, 0.3) is 0 Å². The average molecular weight is 241 g/mol. The zero-order valence-electron chi connectivity index (χ0n) is 9.79. The van der Waals surface area contributed by atoms with E-state index in [0.717, 1.165) is 5.56 Å². The third-order valence-corrected chi connectivity index (χ3v) is 2.98. The predicted octanol–water partition coefficient (Wildman–Crippen LogP) is 2.15. The van der Waals surface area contributed by atoms with Crippen LogP contribution >= 0.6 is 0 Å². The van der Waals surface area contributed by atoms with Gasteiger partial charge in [-0.05, 0) is 17.7 Å². The Morgan fingerprint density at radius 2 is 2.00 bits per heavy atom. The lowest BCUT2D eigenvalue weighted by Crippen LogP contribution is -2.29. The van der Waals surface area contributed by atoms with E-state index in [-0.39, 0.29) is 0 Å². The van der Waals surface area contributed by atoms with Gasteiger partial charge in [0.1, 0.15) is 5.76 Å². The maximum atomic E-state index is 12.0. The Balaban J connectivity index is 2.01. The van der Waals surface area contributed by atoms with E-state index in [2.05, 4.69) is 4.99 Å². The van der Waals surface area contributed by atoms with Crippen LogP contribution in [0.4, 0.5) is 0 Å². The molecule has 1 aliphatic rings. The number of carbonyl (C=O) groups is 1. The van der Waals surface area contributed by atoms with Crippen LogP contribution in [0.2, 0.25) is 0 Å². The number of aliphatic imine (C=N–C) groups is 1. The van der Waals surface area contributed by atoms with Crippen LogP contribution in [-0.4, -0.2) is 18.8 Å². The van der Waals surface area contributed by atoms with Crippen molar-refractivity contribution in [3.63, 3.8) is 0 Å². The van der Waals surface area contributed by atoms with Gasteiger partial charge >= 0.3 is 5.97 Å². The van der Waals surface area contributed by atoms with Gasteiger partial charge in [0, 0.05) is 0 Å². The van der Waals surface area contributed by atoms with Gasteiger partial charge in [-0.3, -0.25) is 4.99 Å². The highest BCUT2D eigenvalue weighted by molar-refractivity contribution is 6.28. The monoisotopic (exact) mass is 241 g/mol. The Labute approximate surface area is 104 Å². The largest absolute Gasteiger partial charge is 0.467 e. The number of carbonyl (C=O) groups excluding carboxylic acids is 1. The molecular weight excluding hydrogens is 230 g/mol. The predicted molar refractivity (Wildman–Crippen MR) is 65.4 cm³/mol. The first kappa shape index (κ1) is 10.8. The van der Waals surface area contributed by atoms with E-state index >= 15 is 0 Å². The summed E-state index contributed by atoms with van der Waals surface area (Å²) in [6.07, 6.45) is 1.52. The second kappa shape index (κ2) is 3.84. The number of furan rings is 1. The molecule has 1 atom stereocenters. The maximum absolute atomic E-state index is 12.0. The lowest BCUT2D eigenvalue weighted by molar-refractivity contribution is -0.143. The number of rotatable bonds is 3. The van der Waals surface area contributed by atoms with Gasteiger partial charge in [-0.25, -0.2) is 4.79 Å². The van der Waals surface area contributed by atoms with Crippen molar-refractivity contribution in [1.29, 1.82) is 0 Å². The second-order valence-electron chi connectivity index (χ2n) is 4.01. The standard InChI is InChI=1S/C14H11NO3/c1-17-13(16)14(11-8-5-9-18-11)12(15-14)10-6-3-2-4-7-10/h2-9H,1H3. The molecule has 0 radical (unpaired) electrons. The number of nitrogens with zero attached hydrogens (tertiary/aromatic N) is 1. The number of methoxy groups -OCH3 is 1. The van der Waals surface area contributed by atoms with Crippen LogP contribution in [0.5, 0.6) is 0 Å². The highest BCUT2D eigenvalue weighted by Crippen LogP contribution is 2.43. The minimum atomic E-state index is -1.08. The third-order valence-electron chi connectivity index (χ3n) is 2.98. The highest BCUT2D eigenvalue weighted by Gasteiger charge is 2.59. The van der Waals surface area contributed by atoms with Gasteiger partial charge in [0.2, 0.25) is 0 Å². The summed E-state index contributed by atoms with van der Waals surface area (Å²) in [4.78, 5) is 16.3.